The third-order valence-electron chi connectivity index (χ3n) is 10.0. The summed E-state index contributed by atoms with van der Waals surface area (Å²) in [7, 11) is 0. The summed E-state index contributed by atoms with van der Waals surface area (Å²) < 4.78 is 6.19. The van der Waals surface area contributed by atoms with E-state index in [1.165, 1.54) is 16.2 Å². The Labute approximate surface area is 268 Å². The summed E-state index contributed by atoms with van der Waals surface area (Å²) in [6.45, 7) is 3.74. The molecule has 2 bridgehead atoms. The number of imide groups is 1. The molecule has 4 aromatic rings. The second-order valence-electron chi connectivity index (χ2n) is 12.5. The van der Waals surface area contributed by atoms with E-state index < -0.39 is 5.92 Å². The highest BCUT2D eigenvalue weighted by Crippen LogP contribution is 2.69. The van der Waals surface area contributed by atoms with Gasteiger partial charge in [-0.2, -0.15) is 0 Å². The van der Waals surface area contributed by atoms with Gasteiger partial charge in [0.2, 0.25) is 11.8 Å². The van der Waals surface area contributed by atoms with E-state index in [1.54, 1.807) is 11.8 Å². The van der Waals surface area contributed by atoms with E-state index in [1.807, 2.05) is 86.6 Å². The van der Waals surface area contributed by atoms with Gasteiger partial charge in [0.25, 0.3) is 5.91 Å². The number of hydrogen-bond acceptors (Lipinski definition) is 7. The number of ether oxygens (including phenoxy) is 1. The summed E-state index contributed by atoms with van der Waals surface area (Å²) in [6, 6.07) is 22.8. The van der Waals surface area contributed by atoms with Crippen LogP contribution in [0.5, 0.6) is 5.75 Å². The first-order valence-electron chi connectivity index (χ1n) is 15.2. The third kappa shape index (κ3) is 4.48. The molecule has 8 nitrogen and oxygen atoms in total. The van der Waals surface area contributed by atoms with E-state index in [0.717, 1.165) is 38.7 Å². The molecule has 2 aliphatic carbocycles. The lowest BCUT2D eigenvalue weighted by molar-refractivity contribution is -0.123. The Morgan fingerprint density at radius 3 is 2.42 bits per heavy atom. The number of aromatic nitrogens is 1. The van der Waals surface area contributed by atoms with Crippen LogP contribution < -0.4 is 19.8 Å². The molecule has 45 heavy (non-hydrogen) atoms. The van der Waals surface area contributed by atoms with Crippen LogP contribution in [0, 0.1) is 43.4 Å². The lowest BCUT2D eigenvalue weighted by Gasteiger charge is -2.43. The normalized spacial score (nSPS) is 27.7. The smallest absolute Gasteiger partial charge is 0.305 e. The Morgan fingerprint density at radius 1 is 0.933 bits per heavy atom. The van der Waals surface area contributed by atoms with Gasteiger partial charge in [-0.25, -0.2) is 0 Å². The molecule has 2 aliphatic heterocycles. The minimum absolute atomic E-state index is 0.0165. The second-order valence-corrected chi connectivity index (χ2v) is 14.7. The van der Waals surface area contributed by atoms with Gasteiger partial charge in [0.1, 0.15) is 5.75 Å². The average molecular weight is 638 g/mol. The van der Waals surface area contributed by atoms with Crippen molar-refractivity contribution in [3.63, 3.8) is 0 Å². The van der Waals surface area contributed by atoms with Gasteiger partial charge in [0, 0.05) is 27.3 Å². The minimum atomic E-state index is -0.390. The zero-order chi connectivity index (χ0) is 31.0. The monoisotopic (exact) mass is 637 g/mol. The van der Waals surface area contributed by atoms with E-state index in [2.05, 4.69) is 10.3 Å². The Bertz CT molecular complexity index is 1920. The molecule has 7 atom stereocenters. The highest BCUT2D eigenvalue weighted by molar-refractivity contribution is 8.00. The fourth-order valence-electron chi connectivity index (χ4n) is 8.22. The van der Waals surface area contributed by atoms with Gasteiger partial charge in [0.05, 0.1) is 22.5 Å². The molecule has 3 heterocycles. The number of anilines is 2. The molecule has 3 amide bonds. The Hall–Kier alpha value is -4.15. The first-order chi connectivity index (χ1) is 21.8. The van der Waals surface area contributed by atoms with E-state index >= 15 is 0 Å². The molecular formula is C35H31N3O5S2. The summed E-state index contributed by atoms with van der Waals surface area (Å²) >= 11 is 2.86. The molecule has 4 aliphatic rings. The van der Waals surface area contributed by atoms with Crippen LogP contribution in [0.15, 0.2) is 82.6 Å². The summed E-state index contributed by atoms with van der Waals surface area (Å²) in [6.07, 6.45) is 0.800. The molecule has 3 aromatic carbocycles. The van der Waals surface area contributed by atoms with Crippen molar-refractivity contribution < 1.29 is 19.1 Å². The highest BCUT2D eigenvalue weighted by Gasteiger charge is 2.69. The van der Waals surface area contributed by atoms with E-state index in [4.69, 9.17) is 4.74 Å². The Kier molecular flexibility index (Phi) is 6.76. The van der Waals surface area contributed by atoms with E-state index in [0.29, 0.717) is 11.4 Å². The third-order valence-corrected chi connectivity index (χ3v) is 12.6. The number of benzene rings is 3. The predicted molar refractivity (Wildman–Crippen MR) is 174 cm³/mol. The fraction of sp³-hybridized carbons (Fsp3) is 0.314. The molecule has 228 valence electrons. The number of aromatic amines is 1. The number of rotatable bonds is 6. The van der Waals surface area contributed by atoms with E-state index in [-0.39, 0.29) is 64.0 Å². The van der Waals surface area contributed by atoms with Crippen LogP contribution in [0.3, 0.4) is 0 Å². The molecule has 0 radical (unpaired) electrons. The number of carbonyl (C=O) groups excluding carboxylic acids is 3. The van der Waals surface area contributed by atoms with Crippen LogP contribution in [0.4, 0.5) is 11.4 Å². The van der Waals surface area contributed by atoms with Gasteiger partial charge in [-0.1, -0.05) is 65.4 Å². The average Bonchev–Trinajstić information content (AvgIpc) is 3.77. The molecule has 2 saturated carbocycles. The standard InChI is InChI=1S/C35H31N3O5S2/c1-17-11-13-19(14-12-17)38-33(40)28-21-15-22(29(28)34(38)41)30-27(21)26(31-32(44-30)37-35(42)45-31)20-8-4-6-10-24(20)43-16-25(39)36-23-9-5-3-7-18(23)2/h3-14,21-22,26-30H,15-16H2,1-2H3,(H,36,39)(H,37,42)/t21-,22-,26-,27?,28?,29?,30?/m1/s1. The maximum Gasteiger partial charge on any atom is 0.305 e. The minimum Gasteiger partial charge on any atom is -0.483 e. The summed E-state index contributed by atoms with van der Waals surface area (Å²) in [5.74, 6) is -0.838. The number of hydrogen-bond donors (Lipinski definition) is 2. The zero-order valence-electron chi connectivity index (χ0n) is 24.7. The van der Waals surface area contributed by atoms with E-state index in [9.17, 15) is 19.2 Å². The summed E-state index contributed by atoms with van der Waals surface area (Å²) in [4.78, 5) is 58.8. The zero-order valence-corrected chi connectivity index (χ0v) is 26.3. The number of thioether (sulfide) groups is 1. The number of H-pyrrole nitrogens is 1. The number of carbonyl (C=O) groups is 3. The quantitative estimate of drug-likeness (QED) is 0.261. The number of thiazole rings is 1. The first-order valence-corrected chi connectivity index (χ1v) is 16.9. The maximum atomic E-state index is 14.0. The van der Waals surface area contributed by atoms with Crippen molar-refractivity contribution in [3.8, 4) is 5.75 Å². The maximum absolute atomic E-state index is 14.0. The largest absolute Gasteiger partial charge is 0.483 e. The highest BCUT2D eigenvalue weighted by atomic mass is 32.2. The number of aryl methyl sites for hydroxylation is 2. The van der Waals surface area contributed by atoms with Gasteiger partial charge in [-0.05, 0) is 67.9 Å². The van der Waals surface area contributed by atoms with Crippen molar-refractivity contribution in [3.05, 3.63) is 104 Å². The number of fused-ring (bicyclic) bond motifs is 9. The molecular weight excluding hydrogens is 607 g/mol. The van der Waals surface area contributed by atoms with Crippen molar-refractivity contribution in [1.82, 2.24) is 4.98 Å². The van der Waals surface area contributed by atoms with Crippen molar-refractivity contribution in [2.75, 3.05) is 16.8 Å². The molecule has 0 spiro atoms. The van der Waals surface area contributed by atoms with Crippen LogP contribution >= 0.6 is 23.1 Å². The lowest BCUT2D eigenvalue weighted by atomic mass is 9.68. The van der Waals surface area contributed by atoms with Crippen LogP contribution in [-0.2, 0) is 14.4 Å². The molecule has 2 N–H and O–H groups in total. The number of nitrogens with zero attached hydrogens (tertiary/aromatic N) is 1. The number of para-hydroxylation sites is 2. The molecule has 10 heteroatoms. The van der Waals surface area contributed by atoms with Gasteiger partial charge >= 0.3 is 4.87 Å². The van der Waals surface area contributed by atoms with Crippen LogP contribution in [0.1, 0.15) is 33.9 Å². The van der Waals surface area contributed by atoms with Gasteiger partial charge in [0.15, 0.2) is 6.61 Å². The Balaban J connectivity index is 1.13. The topological polar surface area (TPSA) is 109 Å². The molecule has 3 fully saturated rings. The molecule has 1 saturated heterocycles. The summed E-state index contributed by atoms with van der Waals surface area (Å²) in [5.41, 5.74) is 4.28. The molecule has 1 aromatic heterocycles. The lowest BCUT2D eigenvalue weighted by Crippen LogP contribution is -2.42. The first kappa shape index (κ1) is 28.3. The number of nitrogens with one attached hydrogen (secondary N) is 2. The fourth-order valence-corrected chi connectivity index (χ4v) is 11.1. The molecule has 4 unspecified atom stereocenters. The van der Waals surface area contributed by atoms with Crippen LogP contribution in [0.25, 0.3) is 0 Å². The predicted octanol–water partition coefficient (Wildman–Crippen LogP) is 5.75. The van der Waals surface area contributed by atoms with Crippen molar-refractivity contribution >= 4 is 52.2 Å². The van der Waals surface area contributed by atoms with Crippen LogP contribution in [-0.4, -0.2) is 34.6 Å². The van der Waals surface area contributed by atoms with Gasteiger partial charge in [-0.3, -0.25) is 24.1 Å². The number of amides is 3. The molecule has 8 rings (SSSR count). The van der Waals surface area contributed by atoms with Gasteiger partial charge in [-0.15, -0.1) is 11.8 Å². The second kappa shape index (κ2) is 10.7. The van der Waals surface area contributed by atoms with Crippen molar-refractivity contribution in [2.24, 2.45) is 29.6 Å². The van der Waals surface area contributed by atoms with Crippen molar-refractivity contribution in [1.29, 1.82) is 0 Å². The van der Waals surface area contributed by atoms with Crippen LogP contribution in [0.2, 0.25) is 0 Å². The van der Waals surface area contributed by atoms with Gasteiger partial charge < -0.3 is 15.0 Å². The Morgan fingerprint density at radius 2 is 1.64 bits per heavy atom. The van der Waals surface area contributed by atoms with Crippen molar-refractivity contribution in [2.45, 2.75) is 36.5 Å². The SMILES string of the molecule is Cc1ccc(N2C(=O)C3C(C2=O)[C@@H]2C[C@H]3C3Sc4[nH]c(=O)sc4[C@H](c4ccccc4OCC(=O)Nc4ccccc4C)C32)cc1. The summed E-state index contributed by atoms with van der Waals surface area (Å²) in [5, 5.41) is 3.82.